The molecule has 1 aromatic heterocycles. The highest BCUT2D eigenvalue weighted by molar-refractivity contribution is 9.10. The lowest BCUT2D eigenvalue weighted by Crippen LogP contribution is -2.07. The van der Waals surface area contributed by atoms with E-state index in [0.717, 1.165) is 15.9 Å². The number of pyridine rings is 1. The molecule has 1 saturated carbocycles. The molecule has 0 amide bonds. The van der Waals surface area contributed by atoms with Gasteiger partial charge in [0.15, 0.2) is 0 Å². The van der Waals surface area contributed by atoms with Crippen LogP contribution in [0.4, 0.5) is 5.82 Å². The van der Waals surface area contributed by atoms with E-state index in [-0.39, 0.29) is 12.6 Å². The van der Waals surface area contributed by atoms with Crippen molar-refractivity contribution < 1.29 is 9.53 Å². The van der Waals surface area contributed by atoms with Crippen LogP contribution < -0.4 is 5.32 Å². The lowest BCUT2D eigenvalue weighted by atomic mass is 10.2. The van der Waals surface area contributed by atoms with Crippen LogP contribution in [-0.2, 0) is 11.3 Å². The molecule has 1 heterocycles. The Morgan fingerprint density at radius 1 is 1.24 bits per heavy atom. The average molecular weight is 347 g/mol. The summed E-state index contributed by atoms with van der Waals surface area (Å²) in [7, 11) is 0. The van der Waals surface area contributed by atoms with E-state index >= 15 is 0 Å². The molecular weight excluding hydrogens is 332 g/mol. The van der Waals surface area contributed by atoms with Gasteiger partial charge in [0.05, 0.1) is 5.56 Å². The van der Waals surface area contributed by atoms with Gasteiger partial charge in [-0.05, 0) is 42.7 Å². The van der Waals surface area contributed by atoms with Crippen molar-refractivity contribution in [2.45, 2.75) is 25.5 Å². The van der Waals surface area contributed by atoms with Gasteiger partial charge in [-0.2, -0.15) is 0 Å². The van der Waals surface area contributed by atoms with Gasteiger partial charge in [0.25, 0.3) is 0 Å². The van der Waals surface area contributed by atoms with Crippen molar-refractivity contribution in [1.29, 1.82) is 0 Å². The smallest absolute Gasteiger partial charge is 0.340 e. The van der Waals surface area contributed by atoms with Crippen LogP contribution in [0.5, 0.6) is 0 Å². The predicted molar refractivity (Wildman–Crippen MR) is 84.1 cm³/mol. The zero-order chi connectivity index (χ0) is 14.7. The standard InChI is InChI=1S/C16H15BrN2O2/c17-13-4-1-11(2-5-13)10-21-16(20)12-3-8-15(18-9-12)19-14-6-7-14/h1-5,8-9,14H,6-7,10H2,(H,18,19). The van der Waals surface area contributed by atoms with Crippen LogP contribution in [0.3, 0.4) is 0 Å². The number of hydrogen-bond donors (Lipinski definition) is 1. The predicted octanol–water partition coefficient (Wildman–Crippen LogP) is 3.78. The zero-order valence-corrected chi connectivity index (χ0v) is 13.0. The van der Waals surface area contributed by atoms with E-state index in [0.29, 0.717) is 11.6 Å². The first kappa shape index (κ1) is 14.1. The van der Waals surface area contributed by atoms with Crippen molar-refractivity contribution >= 4 is 27.7 Å². The Kier molecular flexibility index (Phi) is 4.20. The maximum atomic E-state index is 11.9. The maximum absolute atomic E-state index is 11.9. The van der Waals surface area contributed by atoms with Crippen LogP contribution in [0.15, 0.2) is 47.1 Å². The average Bonchev–Trinajstić information content (AvgIpc) is 3.31. The van der Waals surface area contributed by atoms with E-state index in [2.05, 4.69) is 26.2 Å². The summed E-state index contributed by atoms with van der Waals surface area (Å²) in [4.78, 5) is 16.2. The SMILES string of the molecule is O=C(OCc1ccc(Br)cc1)c1ccc(NC2CC2)nc1. The van der Waals surface area contributed by atoms with Crippen LogP contribution in [-0.4, -0.2) is 17.0 Å². The van der Waals surface area contributed by atoms with Crippen LogP contribution in [0, 0.1) is 0 Å². The Hall–Kier alpha value is -1.88. The highest BCUT2D eigenvalue weighted by Gasteiger charge is 2.21. The van der Waals surface area contributed by atoms with Crippen molar-refractivity contribution in [3.63, 3.8) is 0 Å². The Balaban J connectivity index is 1.55. The molecular formula is C16H15BrN2O2. The van der Waals surface area contributed by atoms with Crippen molar-refractivity contribution in [1.82, 2.24) is 4.98 Å². The summed E-state index contributed by atoms with van der Waals surface area (Å²) in [6, 6.07) is 11.8. The lowest BCUT2D eigenvalue weighted by molar-refractivity contribution is 0.0472. The molecule has 1 aliphatic rings. The first-order valence-electron chi connectivity index (χ1n) is 6.85. The summed E-state index contributed by atoms with van der Waals surface area (Å²) in [5, 5.41) is 3.28. The molecule has 21 heavy (non-hydrogen) atoms. The van der Waals surface area contributed by atoms with E-state index in [1.807, 2.05) is 30.3 Å². The molecule has 0 unspecified atom stereocenters. The minimum atomic E-state index is -0.358. The number of aromatic nitrogens is 1. The number of nitrogens with zero attached hydrogens (tertiary/aromatic N) is 1. The second kappa shape index (κ2) is 6.26. The molecule has 0 spiro atoms. The van der Waals surface area contributed by atoms with Gasteiger partial charge in [-0.1, -0.05) is 28.1 Å². The summed E-state index contributed by atoms with van der Waals surface area (Å²) < 4.78 is 6.27. The van der Waals surface area contributed by atoms with Crippen LogP contribution in [0.2, 0.25) is 0 Å². The summed E-state index contributed by atoms with van der Waals surface area (Å²) in [5.74, 6) is 0.449. The lowest BCUT2D eigenvalue weighted by Gasteiger charge is -2.06. The van der Waals surface area contributed by atoms with E-state index in [1.54, 1.807) is 12.3 Å². The number of benzene rings is 1. The molecule has 0 atom stereocenters. The molecule has 1 N–H and O–H groups in total. The monoisotopic (exact) mass is 346 g/mol. The van der Waals surface area contributed by atoms with E-state index in [9.17, 15) is 4.79 Å². The second-order valence-electron chi connectivity index (χ2n) is 5.05. The van der Waals surface area contributed by atoms with Gasteiger partial charge in [0.1, 0.15) is 12.4 Å². The van der Waals surface area contributed by atoms with Crippen molar-refractivity contribution in [3.8, 4) is 0 Å². The van der Waals surface area contributed by atoms with Crippen LogP contribution >= 0.6 is 15.9 Å². The van der Waals surface area contributed by atoms with Gasteiger partial charge in [-0.3, -0.25) is 0 Å². The number of ether oxygens (including phenoxy) is 1. The highest BCUT2D eigenvalue weighted by Crippen LogP contribution is 2.23. The number of hydrogen-bond acceptors (Lipinski definition) is 4. The van der Waals surface area contributed by atoms with Crippen molar-refractivity contribution in [2.24, 2.45) is 0 Å². The molecule has 5 heteroatoms. The molecule has 3 rings (SSSR count). The van der Waals surface area contributed by atoms with Gasteiger partial charge in [-0.15, -0.1) is 0 Å². The van der Waals surface area contributed by atoms with Gasteiger partial charge in [0.2, 0.25) is 0 Å². The zero-order valence-electron chi connectivity index (χ0n) is 11.4. The number of rotatable bonds is 5. The Labute approximate surface area is 131 Å². The molecule has 4 nitrogen and oxygen atoms in total. The minimum absolute atomic E-state index is 0.258. The molecule has 1 fully saturated rings. The third-order valence-corrected chi connectivity index (χ3v) is 3.74. The summed E-state index contributed by atoms with van der Waals surface area (Å²) in [5.41, 5.74) is 1.42. The normalized spacial score (nSPS) is 13.8. The Morgan fingerprint density at radius 3 is 2.62 bits per heavy atom. The number of nitrogens with one attached hydrogen (secondary N) is 1. The molecule has 0 bridgehead atoms. The number of carbonyl (C=O) groups is 1. The number of carbonyl (C=O) groups excluding carboxylic acids is 1. The van der Waals surface area contributed by atoms with Gasteiger partial charge < -0.3 is 10.1 Å². The summed E-state index contributed by atoms with van der Waals surface area (Å²) >= 11 is 3.37. The Morgan fingerprint density at radius 2 is 2.00 bits per heavy atom. The van der Waals surface area contributed by atoms with E-state index in [4.69, 9.17) is 4.74 Å². The largest absolute Gasteiger partial charge is 0.457 e. The van der Waals surface area contributed by atoms with Crippen molar-refractivity contribution in [3.05, 3.63) is 58.2 Å². The fourth-order valence-corrected chi connectivity index (χ4v) is 2.11. The van der Waals surface area contributed by atoms with Gasteiger partial charge in [-0.25, -0.2) is 9.78 Å². The van der Waals surface area contributed by atoms with Crippen molar-refractivity contribution in [2.75, 3.05) is 5.32 Å². The fourth-order valence-electron chi connectivity index (χ4n) is 1.85. The van der Waals surface area contributed by atoms with Gasteiger partial charge >= 0.3 is 5.97 Å². The van der Waals surface area contributed by atoms with Crippen LogP contribution in [0.1, 0.15) is 28.8 Å². The minimum Gasteiger partial charge on any atom is -0.457 e. The van der Waals surface area contributed by atoms with E-state index in [1.165, 1.54) is 12.8 Å². The topological polar surface area (TPSA) is 51.2 Å². The Bertz CT molecular complexity index is 622. The highest BCUT2D eigenvalue weighted by atomic mass is 79.9. The third-order valence-electron chi connectivity index (χ3n) is 3.21. The van der Waals surface area contributed by atoms with E-state index < -0.39 is 0 Å². The molecule has 0 saturated heterocycles. The van der Waals surface area contributed by atoms with Gasteiger partial charge in [0, 0.05) is 16.7 Å². The first-order valence-corrected chi connectivity index (χ1v) is 7.64. The molecule has 2 aromatic rings. The molecule has 0 aliphatic heterocycles. The number of halogens is 1. The number of esters is 1. The quantitative estimate of drug-likeness (QED) is 0.837. The molecule has 108 valence electrons. The van der Waals surface area contributed by atoms with Crippen LogP contribution in [0.25, 0.3) is 0 Å². The first-order chi connectivity index (χ1) is 10.2. The molecule has 0 radical (unpaired) electrons. The maximum Gasteiger partial charge on any atom is 0.340 e. The fraction of sp³-hybridized carbons (Fsp3) is 0.250. The third kappa shape index (κ3) is 4.04. The molecule has 1 aromatic carbocycles. The number of anilines is 1. The second-order valence-corrected chi connectivity index (χ2v) is 5.97. The summed E-state index contributed by atoms with van der Waals surface area (Å²) in [6.45, 7) is 0.258. The molecule has 1 aliphatic carbocycles. The summed E-state index contributed by atoms with van der Waals surface area (Å²) in [6.07, 6.45) is 3.94.